The van der Waals surface area contributed by atoms with Gasteiger partial charge in [-0.25, -0.2) is 4.39 Å². The minimum Gasteiger partial charge on any atom is -0.313 e. The van der Waals surface area contributed by atoms with Gasteiger partial charge in [-0.1, -0.05) is 34.1 Å². The molecule has 2 aromatic rings. The lowest BCUT2D eigenvalue weighted by molar-refractivity contribution is 0.622. The van der Waals surface area contributed by atoms with Crippen LogP contribution in [0.5, 0.6) is 0 Å². The Morgan fingerprint density at radius 1 is 1.11 bits per heavy atom. The standard InChI is InChI=1S/C15H15BrFN/c1-10(18-2)12-5-8-15(17)14(9-12)11-3-6-13(16)7-4-11/h3-10,18H,1-2H3. The lowest BCUT2D eigenvalue weighted by atomic mass is 9.99. The van der Waals surface area contributed by atoms with Crippen LogP contribution in [0.2, 0.25) is 0 Å². The van der Waals surface area contributed by atoms with E-state index in [0.717, 1.165) is 15.6 Å². The molecule has 0 aliphatic rings. The van der Waals surface area contributed by atoms with Gasteiger partial charge in [0.15, 0.2) is 0 Å². The number of rotatable bonds is 3. The summed E-state index contributed by atoms with van der Waals surface area (Å²) >= 11 is 3.38. The minimum absolute atomic E-state index is 0.190. The monoisotopic (exact) mass is 307 g/mol. The molecule has 3 heteroatoms. The second-order valence-corrected chi connectivity index (χ2v) is 5.17. The van der Waals surface area contributed by atoms with E-state index in [-0.39, 0.29) is 11.9 Å². The van der Waals surface area contributed by atoms with Crippen molar-refractivity contribution in [2.75, 3.05) is 7.05 Å². The van der Waals surface area contributed by atoms with Crippen molar-refractivity contribution >= 4 is 15.9 Å². The fourth-order valence-electron chi connectivity index (χ4n) is 1.83. The van der Waals surface area contributed by atoms with Crippen molar-refractivity contribution in [3.8, 4) is 11.1 Å². The first kappa shape index (κ1) is 13.2. The number of nitrogens with one attached hydrogen (secondary N) is 1. The van der Waals surface area contributed by atoms with E-state index >= 15 is 0 Å². The Bertz CT molecular complexity index is 537. The van der Waals surface area contributed by atoms with Crippen LogP contribution in [0.15, 0.2) is 46.9 Å². The van der Waals surface area contributed by atoms with Gasteiger partial charge in [0.1, 0.15) is 5.82 Å². The number of hydrogen-bond acceptors (Lipinski definition) is 1. The lowest BCUT2D eigenvalue weighted by Gasteiger charge is -2.13. The zero-order chi connectivity index (χ0) is 13.1. The fourth-order valence-corrected chi connectivity index (χ4v) is 2.09. The van der Waals surface area contributed by atoms with Crippen molar-refractivity contribution in [2.24, 2.45) is 0 Å². The first-order chi connectivity index (χ1) is 8.61. The van der Waals surface area contributed by atoms with Gasteiger partial charge in [0.25, 0.3) is 0 Å². The van der Waals surface area contributed by atoms with E-state index in [2.05, 4.69) is 28.2 Å². The third kappa shape index (κ3) is 2.79. The van der Waals surface area contributed by atoms with Gasteiger partial charge in [-0.05, 0) is 49.4 Å². The molecule has 2 aromatic carbocycles. The molecule has 1 nitrogen and oxygen atoms in total. The molecule has 0 aromatic heterocycles. The summed E-state index contributed by atoms with van der Waals surface area (Å²) in [5, 5.41) is 3.16. The Kier molecular flexibility index (Phi) is 4.15. The molecule has 0 saturated heterocycles. The Labute approximate surface area is 115 Å². The third-order valence-corrected chi connectivity index (χ3v) is 3.61. The van der Waals surface area contributed by atoms with Gasteiger partial charge in [-0.15, -0.1) is 0 Å². The molecule has 0 radical (unpaired) electrons. The van der Waals surface area contributed by atoms with E-state index in [1.54, 1.807) is 0 Å². The van der Waals surface area contributed by atoms with Crippen LogP contribution in [-0.2, 0) is 0 Å². The van der Waals surface area contributed by atoms with Gasteiger partial charge in [0.05, 0.1) is 0 Å². The van der Waals surface area contributed by atoms with Gasteiger partial charge >= 0.3 is 0 Å². The Balaban J connectivity index is 2.46. The summed E-state index contributed by atoms with van der Waals surface area (Å²) in [6.45, 7) is 2.05. The van der Waals surface area contributed by atoms with Crippen LogP contribution in [-0.4, -0.2) is 7.05 Å². The van der Waals surface area contributed by atoms with Gasteiger partial charge in [0.2, 0.25) is 0 Å². The van der Waals surface area contributed by atoms with Gasteiger partial charge < -0.3 is 5.32 Å². The molecule has 0 fully saturated rings. The highest BCUT2D eigenvalue weighted by molar-refractivity contribution is 9.10. The number of halogens is 2. The van der Waals surface area contributed by atoms with Crippen LogP contribution >= 0.6 is 15.9 Å². The molecule has 0 spiro atoms. The molecule has 0 saturated carbocycles. The van der Waals surface area contributed by atoms with Crippen molar-refractivity contribution in [3.63, 3.8) is 0 Å². The smallest absolute Gasteiger partial charge is 0.131 e. The molecule has 0 aliphatic heterocycles. The van der Waals surface area contributed by atoms with Crippen molar-refractivity contribution in [1.82, 2.24) is 5.32 Å². The van der Waals surface area contributed by atoms with Gasteiger partial charge in [-0.3, -0.25) is 0 Å². The van der Waals surface area contributed by atoms with Crippen molar-refractivity contribution in [1.29, 1.82) is 0 Å². The molecule has 1 atom stereocenters. The average molecular weight is 308 g/mol. The molecule has 18 heavy (non-hydrogen) atoms. The summed E-state index contributed by atoms with van der Waals surface area (Å²) in [6, 6.07) is 13.1. The summed E-state index contributed by atoms with van der Waals surface area (Å²) in [4.78, 5) is 0. The normalized spacial score (nSPS) is 12.4. The zero-order valence-corrected chi connectivity index (χ0v) is 12.0. The average Bonchev–Trinajstić information content (AvgIpc) is 2.39. The first-order valence-corrected chi connectivity index (χ1v) is 6.64. The predicted molar refractivity (Wildman–Crippen MR) is 77.0 cm³/mol. The van der Waals surface area contributed by atoms with Crippen LogP contribution in [0.3, 0.4) is 0 Å². The predicted octanol–water partition coefficient (Wildman–Crippen LogP) is 4.54. The van der Waals surface area contributed by atoms with Crippen LogP contribution in [0, 0.1) is 5.82 Å². The summed E-state index contributed by atoms with van der Waals surface area (Å²) in [6.07, 6.45) is 0. The maximum atomic E-state index is 13.9. The number of benzene rings is 2. The van der Waals surface area contributed by atoms with Crippen molar-refractivity contribution in [3.05, 3.63) is 58.3 Å². The summed E-state index contributed by atoms with van der Waals surface area (Å²) in [5.41, 5.74) is 2.61. The zero-order valence-electron chi connectivity index (χ0n) is 10.4. The van der Waals surface area contributed by atoms with E-state index in [1.807, 2.05) is 43.4 Å². The molecule has 2 rings (SSSR count). The summed E-state index contributed by atoms with van der Waals surface area (Å²) < 4.78 is 14.9. The highest BCUT2D eigenvalue weighted by Gasteiger charge is 2.09. The molecule has 94 valence electrons. The topological polar surface area (TPSA) is 12.0 Å². The van der Waals surface area contributed by atoms with E-state index < -0.39 is 0 Å². The molecule has 0 aliphatic carbocycles. The Morgan fingerprint density at radius 3 is 2.39 bits per heavy atom. The van der Waals surface area contributed by atoms with Crippen LogP contribution in [0.4, 0.5) is 4.39 Å². The molecule has 1 unspecified atom stereocenters. The van der Waals surface area contributed by atoms with E-state index in [4.69, 9.17) is 0 Å². The lowest BCUT2D eigenvalue weighted by Crippen LogP contribution is -2.12. The quantitative estimate of drug-likeness (QED) is 0.878. The van der Waals surface area contributed by atoms with E-state index in [1.165, 1.54) is 6.07 Å². The third-order valence-electron chi connectivity index (χ3n) is 3.08. The fraction of sp³-hybridized carbons (Fsp3) is 0.200. The highest BCUT2D eigenvalue weighted by Crippen LogP contribution is 2.27. The largest absolute Gasteiger partial charge is 0.313 e. The van der Waals surface area contributed by atoms with Crippen LogP contribution in [0.1, 0.15) is 18.5 Å². The summed E-state index contributed by atoms with van der Waals surface area (Å²) in [7, 11) is 1.90. The van der Waals surface area contributed by atoms with Gasteiger partial charge in [0, 0.05) is 16.1 Å². The van der Waals surface area contributed by atoms with E-state index in [9.17, 15) is 4.39 Å². The van der Waals surface area contributed by atoms with Crippen molar-refractivity contribution in [2.45, 2.75) is 13.0 Å². The van der Waals surface area contributed by atoms with Gasteiger partial charge in [-0.2, -0.15) is 0 Å². The first-order valence-electron chi connectivity index (χ1n) is 5.84. The Hall–Kier alpha value is -1.19. The molecule has 0 bridgehead atoms. The molecule has 0 heterocycles. The SMILES string of the molecule is CNC(C)c1ccc(F)c(-c2ccc(Br)cc2)c1. The molecular formula is C15H15BrFN. The maximum absolute atomic E-state index is 13.9. The molecular weight excluding hydrogens is 293 g/mol. The second kappa shape index (κ2) is 5.63. The minimum atomic E-state index is -0.190. The van der Waals surface area contributed by atoms with Crippen LogP contribution in [0.25, 0.3) is 11.1 Å². The maximum Gasteiger partial charge on any atom is 0.131 e. The number of hydrogen-bond donors (Lipinski definition) is 1. The molecule has 1 N–H and O–H groups in total. The van der Waals surface area contributed by atoms with Crippen LogP contribution < -0.4 is 5.32 Å². The Morgan fingerprint density at radius 2 is 1.78 bits per heavy atom. The van der Waals surface area contributed by atoms with E-state index in [0.29, 0.717) is 5.56 Å². The molecule has 0 amide bonds. The highest BCUT2D eigenvalue weighted by atomic mass is 79.9. The summed E-state index contributed by atoms with van der Waals surface area (Å²) in [5.74, 6) is -0.190. The second-order valence-electron chi connectivity index (χ2n) is 4.26. The van der Waals surface area contributed by atoms with Crippen molar-refractivity contribution < 1.29 is 4.39 Å².